The van der Waals surface area contributed by atoms with Crippen molar-refractivity contribution in [1.29, 1.82) is 0 Å². The van der Waals surface area contributed by atoms with Crippen molar-refractivity contribution < 1.29 is 4.90 Å². The van der Waals surface area contributed by atoms with Crippen molar-refractivity contribution in [3.05, 3.63) is 46.3 Å². The molecule has 0 amide bonds. The monoisotopic (exact) mass is 342 g/mol. The lowest BCUT2D eigenvalue weighted by atomic mass is 10.0. The molecule has 4 rings (SSSR count). The number of hydrazine groups is 2. The zero-order valence-corrected chi connectivity index (χ0v) is 14.0. The molecule has 0 saturated heterocycles. The van der Waals surface area contributed by atoms with Gasteiger partial charge in [0.05, 0.1) is 16.8 Å². The first-order valence-electron chi connectivity index (χ1n) is 7.91. The Labute approximate surface area is 143 Å². The van der Waals surface area contributed by atoms with Crippen LogP contribution in [0.3, 0.4) is 0 Å². The maximum atomic E-state index is 5.65. The normalized spacial score (nSPS) is 16.8. The highest BCUT2D eigenvalue weighted by atomic mass is 32.1. The molecule has 124 valence electrons. The zero-order chi connectivity index (χ0) is 16.5. The molecule has 24 heavy (non-hydrogen) atoms. The number of nitrogens with one attached hydrogen (secondary N) is 3. The van der Waals surface area contributed by atoms with Crippen LogP contribution in [0.5, 0.6) is 0 Å². The summed E-state index contributed by atoms with van der Waals surface area (Å²) in [5, 5.41) is 1.04. The standard InChI is InChI=1S/C16H19N7S/c17-21-14-13-11-6-7-23(8-10-4-2-1-3-5-10)9-12(11)24-15(13)20-16(19-14)22-18/h1-5H,6-9,17-18H2,(H2,19,20,21,22)/p+1. The molecule has 3 heterocycles. The summed E-state index contributed by atoms with van der Waals surface area (Å²) in [5.41, 5.74) is 7.88. The van der Waals surface area contributed by atoms with Crippen LogP contribution in [-0.4, -0.2) is 16.5 Å². The number of thiophene rings is 1. The van der Waals surface area contributed by atoms with Crippen LogP contribution >= 0.6 is 11.3 Å². The fourth-order valence-corrected chi connectivity index (χ4v) is 4.62. The Morgan fingerprint density at radius 3 is 2.71 bits per heavy atom. The molecule has 3 aromatic rings. The number of aromatic nitrogens is 2. The fourth-order valence-electron chi connectivity index (χ4n) is 3.33. The Balaban J connectivity index is 1.66. The first-order chi connectivity index (χ1) is 11.8. The van der Waals surface area contributed by atoms with E-state index in [4.69, 9.17) is 11.7 Å². The van der Waals surface area contributed by atoms with Crippen molar-refractivity contribution in [3.8, 4) is 0 Å². The number of anilines is 2. The van der Waals surface area contributed by atoms with Gasteiger partial charge in [0.25, 0.3) is 0 Å². The summed E-state index contributed by atoms with van der Waals surface area (Å²) in [6.07, 6.45) is 1.00. The van der Waals surface area contributed by atoms with E-state index in [1.807, 2.05) is 0 Å². The molecule has 7 nitrogen and oxygen atoms in total. The lowest BCUT2D eigenvalue weighted by Gasteiger charge is -2.24. The van der Waals surface area contributed by atoms with Gasteiger partial charge in [0.2, 0.25) is 5.95 Å². The van der Waals surface area contributed by atoms with E-state index in [0.29, 0.717) is 11.8 Å². The molecule has 0 bridgehead atoms. The van der Waals surface area contributed by atoms with Gasteiger partial charge in [-0.2, -0.15) is 4.98 Å². The molecule has 1 aliphatic rings. The molecule has 0 fully saturated rings. The molecule has 2 aromatic heterocycles. The number of nitrogens with zero attached hydrogens (tertiary/aromatic N) is 2. The van der Waals surface area contributed by atoms with Crippen LogP contribution in [0.1, 0.15) is 16.0 Å². The Morgan fingerprint density at radius 1 is 1.12 bits per heavy atom. The van der Waals surface area contributed by atoms with E-state index in [9.17, 15) is 0 Å². The van der Waals surface area contributed by atoms with Gasteiger partial charge < -0.3 is 10.3 Å². The molecule has 8 heteroatoms. The average Bonchev–Trinajstić information content (AvgIpc) is 2.99. The Hall–Kier alpha value is -2.26. The minimum absolute atomic E-state index is 0.377. The van der Waals surface area contributed by atoms with E-state index in [0.717, 1.165) is 36.3 Å². The molecule has 1 aromatic carbocycles. The summed E-state index contributed by atoms with van der Waals surface area (Å²) < 4.78 is 0. The molecule has 0 radical (unpaired) electrons. The molecular formula is C16H20N7S+. The topological polar surface area (TPSA) is 106 Å². The Bertz CT molecular complexity index is 862. The van der Waals surface area contributed by atoms with Crippen LogP contribution in [0.4, 0.5) is 11.8 Å². The van der Waals surface area contributed by atoms with E-state index in [-0.39, 0.29) is 0 Å². The van der Waals surface area contributed by atoms with Crippen molar-refractivity contribution in [1.82, 2.24) is 9.97 Å². The van der Waals surface area contributed by atoms with Crippen LogP contribution in [0.25, 0.3) is 10.2 Å². The minimum Gasteiger partial charge on any atom is -0.326 e. The number of nitrogens with two attached hydrogens (primary N) is 2. The molecule has 0 saturated carbocycles. The quantitative estimate of drug-likeness (QED) is 0.347. The summed E-state index contributed by atoms with van der Waals surface area (Å²) in [6.45, 7) is 3.13. The van der Waals surface area contributed by atoms with E-state index in [2.05, 4.69) is 51.2 Å². The SMILES string of the molecule is NNc1nc(NN)c2c3c(sc2n1)C[NH+](Cc1ccccc1)CC3. The van der Waals surface area contributed by atoms with Gasteiger partial charge in [-0.15, -0.1) is 11.3 Å². The van der Waals surface area contributed by atoms with Gasteiger partial charge in [0, 0.05) is 12.0 Å². The molecule has 1 atom stereocenters. The smallest absolute Gasteiger partial charge is 0.240 e. The number of benzene rings is 1. The number of rotatable bonds is 4. The Morgan fingerprint density at radius 2 is 1.96 bits per heavy atom. The Kier molecular flexibility index (Phi) is 4.03. The summed E-state index contributed by atoms with van der Waals surface area (Å²) in [6, 6.07) is 10.6. The highest BCUT2D eigenvalue weighted by Gasteiger charge is 2.26. The van der Waals surface area contributed by atoms with Crippen molar-refractivity contribution in [3.63, 3.8) is 0 Å². The molecular weight excluding hydrogens is 322 g/mol. The van der Waals surface area contributed by atoms with Gasteiger partial charge in [-0.3, -0.25) is 5.43 Å². The van der Waals surface area contributed by atoms with Gasteiger partial charge >= 0.3 is 0 Å². The number of hydrogen-bond donors (Lipinski definition) is 5. The number of quaternary nitrogens is 1. The van der Waals surface area contributed by atoms with E-state index in [1.54, 1.807) is 16.2 Å². The summed E-state index contributed by atoms with van der Waals surface area (Å²) in [7, 11) is 0. The lowest BCUT2D eigenvalue weighted by Crippen LogP contribution is -3.10. The number of hydrogen-bond acceptors (Lipinski definition) is 7. The van der Waals surface area contributed by atoms with Crippen molar-refractivity contribution >= 4 is 33.3 Å². The molecule has 0 spiro atoms. The summed E-state index contributed by atoms with van der Waals surface area (Å²) in [4.78, 5) is 12.7. The highest BCUT2D eigenvalue weighted by molar-refractivity contribution is 7.19. The van der Waals surface area contributed by atoms with E-state index < -0.39 is 0 Å². The first-order valence-corrected chi connectivity index (χ1v) is 8.73. The van der Waals surface area contributed by atoms with E-state index in [1.165, 1.54) is 16.0 Å². The number of nitrogen functional groups attached to an aromatic ring is 2. The van der Waals surface area contributed by atoms with Crippen LogP contribution in [0.15, 0.2) is 30.3 Å². The second-order valence-corrected chi connectivity index (χ2v) is 7.04. The summed E-state index contributed by atoms with van der Waals surface area (Å²) >= 11 is 1.71. The van der Waals surface area contributed by atoms with Crippen LogP contribution in [-0.2, 0) is 19.5 Å². The van der Waals surface area contributed by atoms with Crippen molar-refractivity contribution in [2.75, 3.05) is 17.4 Å². The molecule has 0 aliphatic carbocycles. The van der Waals surface area contributed by atoms with Gasteiger partial charge in [-0.1, -0.05) is 30.3 Å². The number of fused-ring (bicyclic) bond motifs is 3. The predicted octanol–water partition coefficient (Wildman–Crippen LogP) is 0.404. The van der Waals surface area contributed by atoms with Crippen LogP contribution < -0.4 is 27.4 Å². The zero-order valence-electron chi connectivity index (χ0n) is 13.2. The third kappa shape index (κ3) is 2.69. The average molecular weight is 342 g/mol. The molecule has 1 unspecified atom stereocenters. The molecule has 7 N–H and O–H groups in total. The fraction of sp³-hybridized carbons (Fsp3) is 0.250. The minimum atomic E-state index is 0.377. The lowest BCUT2D eigenvalue weighted by molar-refractivity contribution is -0.929. The van der Waals surface area contributed by atoms with Crippen molar-refractivity contribution in [2.24, 2.45) is 11.7 Å². The molecule has 1 aliphatic heterocycles. The van der Waals surface area contributed by atoms with E-state index >= 15 is 0 Å². The van der Waals surface area contributed by atoms with Gasteiger partial charge in [0.1, 0.15) is 17.9 Å². The van der Waals surface area contributed by atoms with Gasteiger partial charge in [0.15, 0.2) is 5.82 Å². The maximum absolute atomic E-state index is 5.65. The largest absolute Gasteiger partial charge is 0.326 e. The van der Waals surface area contributed by atoms with Crippen LogP contribution in [0.2, 0.25) is 0 Å². The van der Waals surface area contributed by atoms with Gasteiger partial charge in [-0.05, 0) is 5.56 Å². The third-order valence-corrected chi connectivity index (χ3v) is 5.56. The first kappa shape index (κ1) is 15.3. The maximum Gasteiger partial charge on any atom is 0.240 e. The second-order valence-electron chi connectivity index (χ2n) is 5.96. The predicted molar refractivity (Wildman–Crippen MR) is 96.4 cm³/mol. The highest BCUT2D eigenvalue weighted by Crippen LogP contribution is 2.35. The van der Waals surface area contributed by atoms with Gasteiger partial charge in [-0.25, -0.2) is 16.7 Å². The van der Waals surface area contributed by atoms with Crippen molar-refractivity contribution in [2.45, 2.75) is 19.5 Å². The van der Waals surface area contributed by atoms with Crippen LogP contribution in [0, 0.1) is 0 Å². The summed E-state index contributed by atoms with van der Waals surface area (Å²) in [5.74, 6) is 12.1. The third-order valence-electron chi connectivity index (χ3n) is 4.44. The second kappa shape index (κ2) is 6.33.